The quantitative estimate of drug-likeness (QED) is 0.884. The Labute approximate surface area is 137 Å². The SMILES string of the molecule is CC(C)(N)CNC(=O)Cc1csc(C(C)(C)C)n1.Cl.Cl. The molecule has 0 radical (unpaired) electrons. The molecule has 1 aromatic heterocycles. The highest BCUT2D eigenvalue weighted by atomic mass is 35.5. The van der Waals surface area contributed by atoms with Gasteiger partial charge in [0.1, 0.15) is 0 Å². The van der Waals surface area contributed by atoms with E-state index in [-0.39, 0.29) is 41.7 Å². The summed E-state index contributed by atoms with van der Waals surface area (Å²) in [5, 5.41) is 5.83. The zero-order valence-corrected chi connectivity index (χ0v) is 15.1. The molecule has 118 valence electrons. The number of aromatic nitrogens is 1. The summed E-state index contributed by atoms with van der Waals surface area (Å²) in [5.41, 5.74) is 6.30. The van der Waals surface area contributed by atoms with Gasteiger partial charge in [-0.3, -0.25) is 4.79 Å². The summed E-state index contributed by atoms with van der Waals surface area (Å²) in [6.45, 7) is 10.6. The summed E-state index contributed by atoms with van der Waals surface area (Å²) in [4.78, 5) is 16.2. The number of nitrogens with one attached hydrogen (secondary N) is 1. The summed E-state index contributed by atoms with van der Waals surface area (Å²) in [6.07, 6.45) is 0.322. The highest BCUT2D eigenvalue weighted by Crippen LogP contribution is 2.25. The molecule has 20 heavy (non-hydrogen) atoms. The van der Waals surface area contributed by atoms with E-state index in [0.29, 0.717) is 13.0 Å². The van der Waals surface area contributed by atoms with Crippen molar-refractivity contribution in [1.82, 2.24) is 10.3 Å². The first-order valence-corrected chi connectivity index (χ1v) is 6.96. The summed E-state index contributed by atoms with van der Waals surface area (Å²) < 4.78 is 0. The first-order chi connectivity index (χ1) is 8.08. The van der Waals surface area contributed by atoms with Crippen LogP contribution in [-0.2, 0) is 16.6 Å². The van der Waals surface area contributed by atoms with E-state index in [9.17, 15) is 4.79 Å². The monoisotopic (exact) mass is 341 g/mol. The molecule has 0 fully saturated rings. The van der Waals surface area contributed by atoms with E-state index in [4.69, 9.17) is 5.73 Å². The van der Waals surface area contributed by atoms with E-state index in [1.807, 2.05) is 19.2 Å². The molecule has 4 nitrogen and oxygen atoms in total. The predicted molar refractivity (Wildman–Crippen MR) is 90.3 cm³/mol. The Morgan fingerprint density at radius 3 is 2.25 bits per heavy atom. The van der Waals surface area contributed by atoms with Crippen LogP contribution >= 0.6 is 36.2 Å². The van der Waals surface area contributed by atoms with Gasteiger partial charge >= 0.3 is 0 Å². The van der Waals surface area contributed by atoms with Crippen molar-refractivity contribution >= 4 is 42.1 Å². The zero-order chi connectivity index (χ0) is 14.0. The van der Waals surface area contributed by atoms with E-state index in [0.717, 1.165) is 10.7 Å². The van der Waals surface area contributed by atoms with Gasteiger partial charge < -0.3 is 11.1 Å². The van der Waals surface area contributed by atoms with Crippen molar-refractivity contribution in [1.29, 1.82) is 0 Å². The van der Waals surface area contributed by atoms with Crippen molar-refractivity contribution in [2.45, 2.75) is 52.0 Å². The van der Waals surface area contributed by atoms with Gasteiger partial charge in [0, 0.05) is 22.9 Å². The molecule has 1 rings (SSSR count). The molecule has 0 unspecified atom stereocenters. The number of nitrogens with two attached hydrogens (primary N) is 1. The Kier molecular flexibility index (Phi) is 8.96. The number of carbonyl (C=O) groups excluding carboxylic acids is 1. The van der Waals surface area contributed by atoms with E-state index < -0.39 is 0 Å². The Morgan fingerprint density at radius 1 is 1.30 bits per heavy atom. The molecule has 1 heterocycles. The van der Waals surface area contributed by atoms with Crippen molar-refractivity contribution in [3.05, 3.63) is 16.1 Å². The van der Waals surface area contributed by atoms with Crippen molar-refractivity contribution < 1.29 is 4.79 Å². The third-order valence-corrected chi connectivity index (χ3v) is 3.59. The molecule has 0 aliphatic heterocycles. The van der Waals surface area contributed by atoms with Crippen LogP contribution in [0.3, 0.4) is 0 Å². The Bertz CT molecular complexity index is 422. The van der Waals surface area contributed by atoms with Gasteiger partial charge in [0.2, 0.25) is 5.91 Å². The Morgan fingerprint density at radius 2 is 1.85 bits per heavy atom. The minimum absolute atomic E-state index is 0. The fraction of sp³-hybridized carbons (Fsp3) is 0.692. The average Bonchev–Trinajstić information content (AvgIpc) is 2.61. The first-order valence-electron chi connectivity index (χ1n) is 6.08. The second-order valence-corrected chi connectivity index (χ2v) is 7.19. The third-order valence-electron chi connectivity index (χ3n) is 2.28. The van der Waals surface area contributed by atoms with Gasteiger partial charge in [-0.05, 0) is 13.8 Å². The van der Waals surface area contributed by atoms with Crippen LogP contribution in [0.1, 0.15) is 45.3 Å². The van der Waals surface area contributed by atoms with Crippen LogP contribution in [0.2, 0.25) is 0 Å². The van der Waals surface area contributed by atoms with Gasteiger partial charge in [-0.15, -0.1) is 36.2 Å². The number of hydrogen-bond donors (Lipinski definition) is 2. The lowest BCUT2D eigenvalue weighted by Crippen LogP contribution is -2.45. The Balaban J connectivity index is 0. The molecule has 0 atom stereocenters. The van der Waals surface area contributed by atoms with Gasteiger partial charge in [-0.25, -0.2) is 4.98 Å². The number of thiazole rings is 1. The molecule has 0 aliphatic rings. The topological polar surface area (TPSA) is 68.0 Å². The van der Waals surface area contributed by atoms with Crippen LogP contribution in [0.15, 0.2) is 5.38 Å². The molecule has 7 heteroatoms. The second kappa shape index (κ2) is 8.17. The smallest absolute Gasteiger partial charge is 0.226 e. The predicted octanol–water partition coefficient (Wildman–Crippen LogP) is 2.68. The van der Waals surface area contributed by atoms with Gasteiger partial charge in [0.15, 0.2) is 0 Å². The number of halogens is 2. The van der Waals surface area contributed by atoms with E-state index in [2.05, 4.69) is 31.1 Å². The van der Waals surface area contributed by atoms with E-state index >= 15 is 0 Å². The van der Waals surface area contributed by atoms with E-state index in [1.165, 1.54) is 0 Å². The van der Waals surface area contributed by atoms with Crippen LogP contribution in [0.4, 0.5) is 0 Å². The lowest BCUT2D eigenvalue weighted by atomic mass is 9.98. The fourth-order valence-electron chi connectivity index (χ4n) is 1.29. The summed E-state index contributed by atoms with van der Waals surface area (Å²) in [7, 11) is 0. The van der Waals surface area contributed by atoms with Crippen molar-refractivity contribution in [2.75, 3.05) is 6.54 Å². The maximum absolute atomic E-state index is 11.7. The van der Waals surface area contributed by atoms with Crippen molar-refractivity contribution in [2.24, 2.45) is 5.73 Å². The molecular formula is C13H25Cl2N3OS. The molecule has 0 spiro atoms. The molecule has 0 aliphatic carbocycles. The van der Waals surface area contributed by atoms with Crippen molar-refractivity contribution in [3.8, 4) is 0 Å². The van der Waals surface area contributed by atoms with Gasteiger partial charge in [0.05, 0.1) is 17.1 Å². The molecular weight excluding hydrogens is 317 g/mol. The van der Waals surface area contributed by atoms with Crippen LogP contribution in [0, 0.1) is 0 Å². The maximum Gasteiger partial charge on any atom is 0.226 e. The van der Waals surface area contributed by atoms with Crippen LogP contribution in [-0.4, -0.2) is 23.0 Å². The highest BCUT2D eigenvalue weighted by Gasteiger charge is 2.19. The lowest BCUT2D eigenvalue weighted by Gasteiger charge is -2.18. The molecule has 1 aromatic rings. The minimum atomic E-state index is -0.381. The lowest BCUT2D eigenvalue weighted by molar-refractivity contribution is -0.120. The summed E-state index contributed by atoms with van der Waals surface area (Å²) in [6, 6.07) is 0. The van der Waals surface area contributed by atoms with Crippen LogP contribution < -0.4 is 11.1 Å². The minimum Gasteiger partial charge on any atom is -0.354 e. The fourth-order valence-corrected chi connectivity index (χ4v) is 2.19. The summed E-state index contributed by atoms with van der Waals surface area (Å²) >= 11 is 1.61. The van der Waals surface area contributed by atoms with Gasteiger partial charge in [0.25, 0.3) is 0 Å². The highest BCUT2D eigenvalue weighted by molar-refractivity contribution is 7.09. The largest absolute Gasteiger partial charge is 0.354 e. The number of nitrogens with zero attached hydrogens (tertiary/aromatic N) is 1. The zero-order valence-electron chi connectivity index (χ0n) is 12.6. The third kappa shape index (κ3) is 8.04. The van der Waals surface area contributed by atoms with Crippen molar-refractivity contribution in [3.63, 3.8) is 0 Å². The number of carbonyl (C=O) groups is 1. The molecule has 3 N–H and O–H groups in total. The van der Waals surface area contributed by atoms with E-state index in [1.54, 1.807) is 11.3 Å². The first kappa shape index (κ1) is 21.9. The standard InChI is InChI=1S/C13H23N3OS.2ClH/c1-12(2,3)11-16-9(7-18-11)6-10(17)15-8-13(4,5)14;;/h7H,6,8,14H2,1-5H3,(H,15,17);2*1H. The van der Waals surface area contributed by atoms with Crippen LogP contribution in [0.25, 0.3) is 0 Å². The molecule has 0 aromatic carbocycles. The maximum atomic E-state index is 11.7. The second-order valence-electron chi connectivity index (χ2n) is 6.34. The molecule has 0 saturated carbocycles. The number of rotatable bonds is 4. The Hall–Kier alpha value is -0.360. The van der Waals surface area contributed by atoms with Gasteiger partial charge in [-0.2, -0.15) is 0 Å². The molecule has 0 bridgehead atoms. The molecule has 0 saturated heterocycles. The van der Waals surface area contributed by atoms with Gasteiger partial charge in [-0.1, -0.05) is 20.8 Å². The van der Waals surface area contributed by atoms with Crippen LogP contribution in [0.5, 0.6) is 0 Å². The molecule has 1 amide bonds. The average molecular weight is 342 g/mol. The summed E-state index contributed by atoms with van der Waals surface area (Å²) in [5.74, 6) is -0.0284. The normalized spacial score (nSPS) is 11.3. The number of hydrogen-bond acceptors (Lipinski definition) is 4. The number of amides is 1.